The molecule has 0 radical (unpaired) electrons. The minimum atomic E-state index is -0.281. The van der Waals surface area contributed by atoms with E-state index in [0.29, 0.717) is 5.56 Å². The van der Waals surface area contributed by atoms with Crippen LogP contribution in [0.15, 0.2) is 23.1 Å². The van der Waals surface area contributed by atoms with Gasteiger partial charge in [-0.25, -0.2) is 4.89 Å². The van der Waals surface area contributed by atoms with Crippen molar-refractivity contribution in [2.75, 3.05) is 14.2 Å². The maximum atomic E-state index is 11.9. The first-order valence-electron chi connectivity index (χ1n) is 4.94. The minimum absolute atomic E-state index is 0.184. The van der Waals surface area contributed by atoms with Crippen molar-refractivity contribution >= 4 is 23.9 Å². The number of carbonyl (C=O) groups excluding carboxylic acids is 2. The number of hydrogen-bond acceptors (Lipinski definition) is 5. The first kappa shape index (κ1) is 12.1. The molecule has 0 aliphatic carbocycles. The van der Waals surface area contributed by atoms with Crippen LogP contribution in [0, 0.1) is 0 Å². The van der Waals surface area contributed by atoms with Gasteiger partial charge >= 0.3 is 0 Å². The van der Waals surface area contributed by atoms with Crippen LogP contribution < -0.4 is 0 Å². The highest BCUT2D eigenvalue weighted by Crippen LogP contribution is 2.26. The van der Waals surface area contributed by atoms with Crippen molar-refractivity contribution in [1.29, 1.82) is 0 Å². The molecule has 2 amide bonds. The van der Waals surface area contributed by atoms with E-state index in [-0.39, 0.29) is 18.2 Å². The fourth-order valence-corrected chi connectivity index (χ4v) is 2.05. The SMILES string of the molecule is COOSc1ccc2c(c1)C(=O)N(C)C(=O)C2. The van der Waals surface area contributed by atoms with Crippen LogP contribution >= 0.6 is 12.0 Å². The summed E-state index contributed by atoms with van der Waals surface area (Å²) in [5, 5.41) is 0. The first-order chi connectivity index (χ1) is 8.13. The highest BCUT2D eigenvalue weighted by Gasteiger charge is 2.28. The van der Waals surface area contributed by atoms with E-state index in [1.807, 2.05) is 0 Å². The van der Waals surface area contributed by atoms with Crippen LogP contribution in [0.1, 0.15) is 15.9 Å². The van der Waals surface area contributed by atoms with E-state index in [2.05, 4.69) is 4.89 Å². The summed E-state index contributed by atoms with van der Waals surface area (Å²) >= 11 is 1.02. The van der Waals surface area contributed by atoms with Crippen LogP contribution in [0.3, 0.4) is 0 Å². The van der Waals surface area contributed by atoms with Gasteiger partial charge in [-0.15, -0.1) is 0 Å². The summed E-state index contributed by atoms with van der Waals surface area (Å²) in [5.74, 6) is -0.466. The van der Waals surface area contributed by atoms with Crippen LogP contribution in [-0.4, -0.2) is 30.9 Å². The molecule has 0 saturated heterocycles. The van der Waals surface area contributed by atoms with Crippen molar-refractivity contribution in [2.45, 2.75) is 11.3 Å². The number of amides is 2. The van der Waals surface area contributed by atoms with Crippen molar-refractivity contribution in [3.05, 3.63) is 29.3 Å². The molecule has 1 aromatic rings. The van der Waals surface area contributed by atoms with Crippen LogP contribution in [0.5, 0.6) is 0 Å². The molecule has 0 fully saturated rings. The number of imide groups is 1. The highest BCUT2D eigenvalue weighted by atomic mass is 32.2. The second kappa shape index (κ2) is 4.87. The summed E-state index contributed by atoms with van der Waals surface area (Å²) < 4.78 is 4.72. The molecule has 90 valence electrons. The van der Waals surface area contributed by atoms with Crippen molar-refractivity contribution in [2.24, 2.45) is 0 Å². The first-order valence-corrected chi connectivity index (χ1v) is 5.69. The monoisotopic (exact) mass is 253 g/mol. The van der Waals surface area contributed by atoms with Gasteiger partial charge in [0.15, 0.2) is 0 Å². The fourth-order valence-electron chi connectivity index (χ4n) is 1.61. The maximum absolute atomic E-state index is 11.9. The van der Waals surface area contributed by atoms with Gasteiger partial charge in [0.2, 0.25) is 5.91 Å². The molecule has 1 heterocycles. The molecule has 0 saturated carbocycles. The van der Waals surface area contributed by atoms with E-state index in [9.17, 15) is 9.59 Å². The Hall–Kier alpha value is -1.37. The third kappa shape index (κ3) is 2.33. The van der Waals surface area contributed by atoms with Gasteiger partial charge in [-0.2, -0.15) is 4.33 Å². The van der Waals surface area contributed by atoms with Crippen molar-refractivity contribution < 1.29 is 18.8 Å². The van der Waals surface area contributed by atoms with Crippen molar-refractivity contribution in [3.8, 4) is 0 Å². The number of fused-ring (bicyclic) bond motifs is 1. The summed E-state index contributed by atoms with van der Waals surface area (Å²) in [6.07, 6.45) is 0.258. The summed E-state index contributed by atoms with van der Waals surface area (Å²) in [7, 11) is 2.89. The Morgan fingerprint density at radius 1 is 1.35 bits per heavy atom. The van der Waals surface area contributed by atoms with Crippen LogP contribution in [-0.2, 0) is 20.4 Å². The number of nitrogens with zero attached hydrogens (tertiary/aromatic N) is 1. The van der Waals surface area contributed by atoms with Gasteiger partial charge in [-0.3, -0.25) is 14.5 Å². The average Bonchev–Trinajstić information content (AvgIpc) is 2.34. The van der Waals surface area contributed by atoms with Gasteiger partial charge in [0, 0.05) is 17.5 Å². The average molecular weight is 253 g/mol. The molecule has 0 atom stereocenters. The Kier molecular flexibility index (Phi) is 3.46. The minimum Gasteiger partial charge on any atom is -0.281 e. The molecular weight excluding hydrogens is 242 g/mol. The molecule has 1 aromatic carbocycles. The molecule has 1 aliphatic rings. The molecule has 0 unspecified atom stereocenters. The van der Waals surface area contributed by atoms with Crippen LogP contribution in [0.4, 0.5) is 0 Å². The predicted octanol–water partition coefficient (Wildman–Crippen LogP) is 1.43. The zero-order chi connectivity index (χ0) is 12.4. The predicted molar refractivity (Wildman–Crippen MR) is 61.2 cm³/mol. The molecule has 0 spiro atoms. The van der Waals surface area contributed by atoms with E-state index >= 15 is 0 Å². The Bertz CT molecular complexity index is 475. The number of carbonyl (C=O) groups is 2. The number of benzene rings is 1. The van der Waals surface area contributed by atoms with E-state index in [4.69, 9.17) is 4.33 Å². The fraction of sp³-hybridized carbons (Fsp3) is 0.273. The van der Waals surface area contributed by atoms with Crippen LogP contribution in [0.25, 0.3) is 0 Å². The lowest BCUT2D eigenvalue weighted by Crippen LogP contribution is -2.39. The third-order valence-electron chi connectivity index (χ3n) is 2.53. The maximum Gasteiger partial charge on any atom is 0.260 e. The standard InChI is InChI=1S/C11H11NO4S/c1-12-10(13)5-7-3-4-8(17-16-15-2)6-9(7)11(12)14/h3-4,6H,5H2,1-2H3. The Balaban J connectivity index is 2.32. The van der Waals surface area contributed by atoms with Crippen molar-refractivity contribution in [1.82, 2.24) is 4.90 Å². The molecule has 0 N–H and O–H groups in total. The Labute approximate surface area is 103 Å². The van der Waals surface area contributed by atoms with Gasteiger partial charge < -0.3 is 0 Å². The molecule has 2 rings (SSSR count). The highest BCUT2D eigenvalue weighted by molar-refractivity contribution is 7.94. The molecule has 5 nitrogen and oxygen atoms in total. The Morgan fingerprint density at radius 2 is 2.12 bits per heavy atom. The van der Waals surface area contributed by atoms with E-state index in [1.165, 1.54) is 14.2 Å². The summed E-state index contributed by atoms with van der Waals surface area (Å²) in [6, 6.07) is 5.25. The number of hydrogen-bond donors (Lipinski definition) is 0. The Morgan fingerprint density at radius 3 is 2.82 bits per heavy atom. The molecule has 1 aliphatic heterocycles. The summed E-state index contributed by atoms with van der Waals surface area (Å²) in [6.45, 7) is 0. The lowest BCUT2D eigenvalue weighted by atomic mass is 9.99. The quantitative estimate of drug-likeness (QED) is 0.353. The molecular formula is C11H11NO4S. The number of likely N-dealkylation sites (N-methyl/N-ethyl adjacent to an activating group) is 1. The van der Waals surface area contributed by atoms with Gasteiger partial charge in [-0.1, -0.05) is 6.07 Å². The largest absolute Gasteiger partial charge is 0.281 e. The van der Waals surface area contributed by atoms with Gasteiger partial charge in [0.1, 0.15) is 0 Å². The van der Waals surface area contributed by atoms with E-state index in [1.54, 1.807) is 18.2 Å². The van der Waals surface area contributed by atoms with Gasteiger partial charge in [0.05, 0.1) is 25.6 Å². The number of rotatable bonds is 3. The lowest BCUT2D eigenvalue weighted by Gasteiger charge is -2.23. The van der Waals surface area contributed by atoms with Gasteiger partial charge in [-0.05, 0) is 17.7 Å². The summed E-state index contributed by atoms with van der Waals surface area (Å²) in [4.78, 5) is 29.7. The normalized spacial score (nSPS) is 15.1. The second-order valence-electron chi connectivity index (χ2n) is 3.57. The molecule has 0 aromatic heterocycles. The van der Waals surface area contributed by atoms with Crippen LogP contribution in [0.2, 0.25) is 0 Å². The molecule has 17 heavy (non-hydrogen) atoms. The van der Waals surface area contributed by atoms with E-state index < -0.39 is 0 Å². The lowest BCUT2D eigenvalue weighted by molar-refractivity contribution is -0.160. The molecule has 6 heteroatoms. The van der Waals surface area contributed by atoms with Crippen molar-refractivity contribution in [3.63, 3.8) is 0 Å². The van der Waals surface area contributed by atoms with Gasteiger partial charge in [0.25, 0.3) is 5.91 Å². The third-order valence-corrected chi connectivity index (χ3v) is 3.18. The summed E-state index contributed by atoms with van der Waals surface area (Å²) in [5.41, 5.74) is 1.29. The van der Waals surface area contributed by atoms with E-state index in [0.717, 1.165) is 27.4 Å². The zero-order valence-corrected chi connectivity index (χ0v) is 10.2. The zero-order valence-electron chi connectivity index (χ0n) is 9.43. The molecule has 0 bridgehead atoms. The topological polar surface area (TPSA) is 55.8 Å². The second-order valence-corrected chi connectivity index (χ2v) is 4.35. The smallest absolute Gasteiger partial charge is 0.260 e.